The monoisotopic (exact) mass is 570 g/mol. The number of anilines is 1. The number of amides is 3. The summed E-state index contributed by atoms with van der Waals surface area (Å²) in [7, 11) is 1.60. The summed E-state index contributed by atoms with van der Waals surface area (Å²) in [5, 5.41) is 20.6. The molecule has 4 N–H and O–H groups in total. The van der Waals surface area contributed by atoms with E-state index in [9.17, 15) is 19.7 Å². The average Bonchev–Trinajstić information content (AvgIpc) is 3.43. The van der Waals surface area contributed by atoms with Gasteiger partial charge in [-0.25, -0.2) is 4.79 Å². The number of pyridine rings is 1. The molecule has 0 radical (unpaired) electrons. The number of carbonyl (C=O) groups is 2. The molecule has 1 atom stereocenters. The lowest BCUT2D eigenvalue weighted by molar-refractivity contribution is -0.384. The standard InChI is InChI=1S/C31H34N6O5/c1-42-24-13-14-28(33-19-24)31(15-5-2-6-16-31)20-34-29(38)27(17-21-18-32-26-8-4-3-7-25(21)26)36-30(39)35-22-9-11-23(12-10-22)37(40)41/h3-4,7-14,18-19,27,32H,2,5-6,15-17,20H2,1H3,(H,34,38)(H2,35,36,39)/t27-/m0/s1. The third-order valence-electron chi connectivity index (χ3n) is 7.98. The number of methoxy groups -OCH3 is 1. The zero-order chi connectivity index (χ0) is 29.5. The van der Waals surface area contributed by atoms with Crippen molar-refractivity contribution in [3.8, 4) is 5.75 Å². The van der Waals surface area contributed by atoms with Crippen molar-refractivity contribution in [1.29, 1.82) is 0 Å². The lowest BCUT2D eigenvalue weighted by Crippen LogP contribution is -2.52. The number of carbonyl (C=O) groups excluding carboxylic acids is 2. The van der Waals surface area contributed by atoms with Crippen molar-refractivity contribution in [2.45, 2.75) is 50.0 Å². The minimum absolute atomic E-state index is 0.0828. The molecule has 11 nitrogen and oxygen atoms in total. The van der Waals surface area contributed by atoms with Crippen LogP contribution in [0.3, 0.4) is 0 Å². The molecule has 42 heavy (non-hydrogen) atoms. The number of nitro groups is 1. The molecule has 1 fully saturated rings. The predicted molar refractivity (Wildman–Crippen MR) is 160 cm³/mol. The Morgan fingerprint density at radius 1 is 1.07 bits per heavy atom. The molecule has 2 heterocycles. The van der Waals surface area contributed by atoms with Crippen LogP contribution in [-0.4, -0.2) is 46.5 Å². The van der Waals surface area contributed by atoms with Gasteiger partial charge in [-0.15, -0.1) is 0 Å². The molecule has 0 bridgehead atoms. The molecule has 0 unspecified atom stereocenters. The Bertz CT molecular complexity index is 1540. The zero-order valence-corrected chi connectivity index (χ0v) is 23.4. The maximum absolute atomic E-state index is 13.8. The normalized spacial score (nSPS) is 15.0. The predicted octanol–water partition coefficient (Wildman–Crippen LogP) is 5.23. The second-order valence-corrected chi connectivity index (χ2v) is 10.7. The Labute approximate surface area is 243 Å². The van der Waals surface area contributed by atoms with E-state index >= 15 is 0 Å². The maximum Gasteiger partial charge on any atom is 0.319 e. The second kappa shape index (κ2) is 12.7. The van der Waals surface area contributed by atoms with E-state index in [0.29, 0.717) is 18.0 Å². The number of ether oxygens (including phenoxy) is 1. The number of benzene rings is 2. The molecule has 0 spiro atoms. The van der Waals surface area contributed by atoms with Crippen LogP contribution >= 0.6 is 0 Å². The summed E-state index contributed by atoms with van der Waals surface area (Å²) in [4.78, 5) is 45.1. The molecule has 1 saturated carbocycles. The first kappa shape index (κ1) is 28.6. The first-order chi connectivity index (χ1) is 20.4. The highest BCUT2D eigenvalue weighted by molar-refractivity contribution is 5.94. The number of nitrogens with one attached hydrogen (secondary N) is 4. The molecule has 2 aromatic heterocycles. The number of hydrogen-bond donors (Lipinski definition) is 4. The van der Waals surface area contributed by atoms with Crippen molar-refractivity contribution in [2.75, 3.05) is 19.0 Å². The van der Waals surface area contributed by atoms with Gasteiger partial charge in [0.15, 0.2) is 0 Å². The molecular weight excluding hydrogens is 536 g/mol. The van der Waals surface area contributed by atoms with E-state index in [2.05, 4.69) is 25.9 Å². The van der Waals surface area contributed by atoms with E-state index in [4.69, 9.17) is 4.74 Å². The number of H-pyrrole nitrogens is 1. The first-order valence-electron chi connectivity index (χ1n) is 14.0. The molecule has 3 amide bonds. The molecule has 2 aromatic carbocycles. The van der Waals surface area contributed by atoms with Crippen LogP contribution in [0.15, 0.2) is 73.1 Å². The average molecular weight is 571 g/mol. The van der Waals surface area contributed by atoms with Gasteiger partial charge >= 0.3 is 6.03 Å². The minimum atomic E-state index is -0.883. The Balaban J connectivity index is 1.34. The maximum atomic E-state index is 13.8. The summed E-state index contributed by atoms with van der Waals surface area (Å²) in [5.74, 6) is 0.369. The highest BCUT2D eigenvalue weighted by atomic mass is 16.6. The molecule has 5 rings (SSSR count). The van der Waals surface area contributed by atoms with Gasteiger partial charge in [0.1, 0.15) is 11.8 Å². The number of nitrogens with zero attached hydrogens (tertiary/aromatic N) is 2. The SMILES string of the molecule is COc1ccc(C2(CNC(=O)[C@H](Cc3c[nH]c4ccccc34)NC(=O)Nc3ccc([N+](=O)[O-])cc3)CCCCC2)nc1. The molecule has 0 aliphatic heterocycles. The highest BCUT2D eigenvalue weighted by Gasteiger charge is 2.36. The molecule has 1 aliphatic carbocycles. The van der Waals surface area contributed by atoms with E-state index < -0.39 is 17.0 Å². The van der Waals surface area contributed by atoms with Crippen molar-refractivity contribution < 1.29 is 19.2 Å². The fraction of sp³-hybridized carbons (Fsp3) is 0.323. The van der Waals surface area contributed by atoms with Crippen LogP contribution in [0.5, 0.6) is 5.75 Å². The van der Waals surface area contributed by atoms with Gasteiger partial charge in [0.05, 0.1) is 18.2 Å². The smallest absolute Gasteiger partial charge is 0.319 e. The van der Waals surface area contributed by atoms with E-state index in [1.165, 1.54) is 24.3 Å². The van der Waals surface area contributed by atoms with Crippen molar-refractivity contribution in [2.24, 2.45) is 0 Å². The van der Waals surface area contributed by atoms with Crippen LogP contribution in [0.2, 0.25) is 0 Å². The van der Waals surface area contributed by atoms with Gasteiger partial charge in [0.25, 0.3) is 5.69 Å². The molecular formula is C31H34N6O5. The van der Waals surface area contributed by atoms with Crippen LogP contribution in [-0.2, 0) is 16.6 Å². The van der Waals surface area contributed by atoms with E-state index in [1.54, 1.807) is 13.3 Å². The Morgan fingerprint density at radius 2 is 1.83 bits per heavy atom. The van der Waals surface area contributed by atoms with Gasteiger partial charge in [0, 0.05) is 59.0 Å². The molecule has 218 valence electrons. The number of para-hydroxylation sites is 1. The summed E-state index contributed by atoms with van der Waals surface area (Å²) in [6.07, 6.45) is 8.83. The summed E-state index contributed by atoms with van der Waals surface area (Å²) < 4.78 is 5.28. The van der Waals surface area contributed by atoms with E-state index in [1.807, 2.05) is 42.6 Å². The lowest BCUT2D eigenvalue weighted by atomic mass is 9.71. The third kappa shape index (κ3) is 6.51. The van der Waals surface area contributed by atoms with Crippen molar-refractivity contribution >= 4 is 34.2 Å². The van der Waals surface area contributed by atoms with Gasteiger partial charge in [-0.05, 0) is 48.7 Å². The van der Waals surface area contributed by atoms with E-state index in [-0.39, 0.29) is 23.4 Å². The second-order valence-electron chi connectivity index (χ2n) is 10.7. The fourth-order valence-corrected chi connectivity index (χ4v) is 5.67. The summed E-state index contributed by atoms with van der Waals surface area (Å²) >= 11 is 0. The van der Waals surface area contributed by atoms with Gasteiger partial charge in [-0.3, -0.25) is 19.9 Å². The number of nitro benzene ring substituents is 1. The number of rotatable bonds is 10. The number of hydrogen-bond acceptors (Lipinski definition) is 6. The van der Waals surface area contributed by atoms with Crippen LogP contribution < -0.4 is 20.7 Å². The number of aromatic amines is 1. The van der Waals surface area contributed by atoms with Gasteiger partial charge in [0.2, 0.25) is 5.91 Å². The topological polar surface area (TPSA) is 151 Å². The summed E-state index contributed by atoms with van der Waals surface area (Å²) in [5.41, 5.74) is 2.73. The zero-order valence-electron chi connectivity index (χ0n) is 23.4. The summed E-state index contributed by atoms with van der Waals surface area (Å²) in [6.45, 7) is 0.390. The molecule has 1 aliphatic rings. The number of urea groups is 1. The van der Waals surface area contributed by atoms with Gasteiger partial charge in [-0.1, -0.05) is 37.5 Å². The summed E-state index contributed by atoms with van der Waals surface area (Å²) in [6, 6.07) is 15.7. The van der Waals surface area contributed by atoms with Crippen LogP contribution in [0.1, 0.15) is 43.4 Å². The number of aromatic nitrogens is 2. The Kier molecular flexibility index (Phi) is 8.66. The van der Waals surface area contributed by atoms with Crippen LogP contribution in [0.25, 0.3) is 10.9 Å². The van der Waals surface area contributed by atoms with Crippen molar-refractivity contribution in [3.05, 3.63) is 94.4 Å². The fourth-order valence-electron chi connectivity index (χ4n) is 5.67. The Morgan fingerprint density at radius 3 is 2.52 bits per heavy atom. The Hall–Kier alpha value is -4.93. The van der Waals surface area contributed by atoms with Crippen molar-refractivity contribution in [1.82, 2.24) is 20.6 Å². The number of fused-ring (bicyclic) bond motifs is 1. The molecule has 4 aromatic rings. The molecule has 11 heteroatoms. The lowest BCUT2D eigenvalue weighted by Gasteiger charge is -2.37. The first-order valence-corrected chi connectivity index (χ1v) is 14.0. The minimum Gasteiger partial charge on any atom is -0.495 e. The largest absolute Gasteiger partial charge is 0.495 e. The third-order valence-corrected chi connectivity index (χ3v) is 7.98. The van der Waals surface area contributed by atoms with Crippen molar-refractivity contribution in [3.63, 3.8) is 0 Å². The van der Waals surface area contributed by atoms with Crippen LogP contribution in [0.4, 0.5) is 16.2 Å². The molecule has 0 saturated heterocycles. The number of non-ortho nitro benzene ring substituents is 1. The van der Waals surface area contributed by atoms with Gasteiger partial charge < -0.3 is 25.7 Å². The quantitative estimate of drug-likeness (QED) is 0.151. The van der Waals surface area contributed by atoms with Crippen LogP contribution in [0, 0.1) is 10.1 Å². The highest BCUT2D eigenvalue weighted by Crippen LogP contribution is 2.38. The van der Waals surface area contributed by atoms with E-state index in [0.717, 1.165) is 54.3 Å². The van der Waals surface area contributed by atoms with Gasteiger partial charge in [-0.2, -0.15) is 0 Å².